The maximum atomic E-state index is 13.5. The summed E-state index contributed by atoms with van der Waals surface area (Å²) in [5, 5.41) is 0. The summed E-state index contributed by atoms with van der Waals surface area (Å²) < 4.78 is 28.6. The molecule has 0 spiro atoms. The SMILES string of the molecule is COc1ccc(OC)c(C(=O)COC(=O)Cc2ccccc2F)c1. The Morgan fingerprint density at radius 1 is 1.04 bits per heavy atom. The molecule has 2 rings (SSSR count). The highest BCUT2D eigenvalue weighted by atomic mass is 19.1. The predicted octanol–water partition coefficient (Wildman–Crippen LogP) is 2.81. The number of carbonyl (C=O) groups is 2. The minimum absolute atomic E-state index is 0.217. The monoisotopic (exact) mass is 332 g/mol. The van der Waals surface area contributed by atoms with E-state index in [9.17, 15) is 14.0 Å². The maximum absolute atomic E-state index is 13.5. The van der Waals surface area contributed by atoms with Crippen molar-refractivity contribution in [3.05, 3.63) is 59.4 Å². The van der Waals surface area contributed by atoms with E-state index in [0.29, 0.717) is 11.5 Å². The standard InChI is InChI=1S/C18H17FO5/c1-22-13-7-8-17(23-2)14(10-13)16(20)11-24-18(21)9-12-5-3-4-6-15(12)19/h3-8,10H,9,11H2,1-2H3. The van der Waals surface area contributed by atoms with Crippen LogP contribution >= 0.6 is 0 Å². The van der Waals surface area contributed by atoms with E-state index in [0.717, 1.165) is 0 Å². The Hall–Kier alpha value is -2.89. The van der Waals surface area contributed by atoms with Gasteiger partial charge in [0.2, 0.25) is 5.78 Å². The van der Waals surface area contributed by atoms with E-state index in [4.69, 9.17) is 14.2 Å². The molecule has 0 N–H and O–H groups in total. The van der Waals surface area contributed by atoms with E-state index in [-0.39, 0.29) is 17.5 Å². The Bertz CT molecular complexity index is 742. The maximum Gasteiger partial charge on any atom is 0.310 e. The van der Waals surface area contributed by atoms with E-state index in [1.54, 1.807) is 18.2 Å². The van der Waals surface area contributed by atoms with E-state index < -0.39 is 24.2 Å². The second kappa shape index (κ2) is 8.10. The molecular formula is C18H17FO5. The molecule has 0 saturated heterocycles. The van der Waals surface area contributed by atoms with Gasteiger partial charge in [-0.3, -0.25) is 9.59 Å². The molecule has 0 aliphatic heterocycles. The van der Waals surface area contributed by atoms with Crippen molar-refractivity contribution in [1.82, 2.24) is 0 Å². The molecule has 0 fully saturated rings. The lowest BCUT2D eigenvalue weighted by atomic mass is 10.1. The first kappa shape index (κ1) is 17.5. The van der Waals surface area contributed by atoms with E-state index in [2.05, 4.69) is 0 Å². The van der Waals surface area contributed by atoms with Gasteiger partial charge in [0.25, 0.3) is 0 Å². The van der Waals surface area contributed by atoms with Crippen LogP contribution in [-0.2, 0) is 16.0 Å². The number of ketones is 1. The smallest absolute Gasteiger partial charge is 0.310 e. The number of esters is 1. The van der Waals surface area contributed by atoms with Crippen molar-refractivity contribution in [3.8, 4) is 11.5 Å². The fraction of sp³-hybridized carbons (Fsp3) is 0.222. The van der Waals surface area contributed by atoms with Crippen LogP contribution in [-0.4, -0.2) is 32.6 Å². The summed E-state index contributed by atoms with van der Waals surface area (Å²) in [5.41, 5.74) is 0.462. The number of halogens is 1. The number of benzene rings is 2. The van der Waals surface area contributed by atoms with Crippen LogP contribution in [0.2, 0.25) is 0 Å². The summed E-state index contributed by atoms with van der Waals surface area (Å²) in [6.45, 7) is -0.461. The average Bonchev–Trinajstić information content (AvgIpc) is 2.61. The molecule has 24 heavy (non-hydrogen) atoms. The first-order chi connectivity index (χ1) is 11.5. The second-order valence-corrected chi connectivity index (χ2v) is 4.92. The first-order valence-electron chi connectivity index (χ1n) is 7.19. The Labute approximate surface area is 139 Å². The minimum Gasteiger partial charge on any atom is -0.497 e. The Kier molecular flexibility index (Phi) is 5.89. The Morgan fingerprint density at radius 2 is 1.79 bits per heavy atom. The fourth-order valence-corrected chi connectivity index (χ4v) is 2.10. The number of ether oxygens (including phenoxy) is 3. The Balaban J connectivity index is 2.00. The quantitative estimate of drug-likeness (QED) is 0.576. The Morgan fingerprint density at radius 3 is 2.46 bits per heavy atom. The van der Waals surface area contributed by atoms with Crippen LogP contribution in [0.25, 0.3) is 0 Å². The number of methoxy groups -OCH3 is 2. The molecule has 0 unspecified atom stereocenters. The molecule has 0 radical (unpaired) electrons. The van der Waals surface area contributed by atoms with Crippen molar-refractivity contribution in [2.24, 2.45) is 0 Å². The zero-order valence-electron chi connectivity index (χ0n) is 13.4. The largest absolute Gasteiger partial charge is 0.497 e. The molecule has 0 aromatic heterocycles. The van der Waals surface area contributed by atoms with E-state index in [1.807, 2.05) is 0 Å². The van der Waals surface area contributed by atoms with Gasteiger partial charge in [-0.15, -0.1) is 0 Å². The van der Waals surface area contributed by atoms with Crippen LogP contribution in [0.15, 0.2) is 42.5 Å². The van der Waals surface area contributed by atoms with Crippen molar-refractivity contribution in [2.75, 3.05) is 20.8 Å². The van der Waals surface area contributed by atoms with Gasteiger partial charge >= 0.3 is 5.97 Å². The molecule has 2 aromatic rings. The fourth-order valence-electron chi connectivity index (χ4n) is 2.10. The molecule has 0 aliphatic rings. The van der Waals surface area contributed by atoms with Crippen LogP contribution in [0.5, 0.6) is 11.5 Å². The molecule has 0 amide bonds. The van der Waals surface area contributed by atoms with Crippen LogP contribution in [0.1, 0.15) is 15.9 Å². The number of carbonyl (C=O) groups excluding carboxylic acids is 2. The van der Waals surface area contributed by atoms with Gasteiger partial charge in [-0.2, -0.15) is 0 Å². The summed E-state index contributed by atoms with van der Waals surface area (Å²) >= 11 is 0. The van der Waals surface area contributed by atoms with Gasteiger partial charge in [-0.1, -0.05) is 18.2 Å². The molecule has 126 valence electrons. The normalized spacial score (nSPS) is 10.1. The van der Waals surface area contributed by atoms with Crippen LogP contribution in [0.4, 0.5) is 4.39 Å². The lowest BCUT2D eigenvalue weighted by molar-refractivity contribution is -0.141. The third-order valence-electron chi connectivity index (χ3n) is 3.36. The van der Waals surface area contributed by atoms with Crippen molar-refractivity contribution in [2.45, 2.75) is 6.42 Å². The van der Waals surface area contributed by atoms with E-state index in [1.165, 1.54) is 38.5 Å². The van der Waals surface area contributed by atoms with Crippen molar-refractivity contribution < 1.29 is 28.2 Å². The van der Waals surface area contributed by atoms with Gasteiger partial charge in [-0.25, -0.2) is 4.39 Å². The van der Waals surface area contributed by atoms with Crippen LogP contribution in [0.3, 0.4) is 0 Å². The van der Waals surface area contributed by atoms with E-state index >= 15 is 0 Å². The summed E-state index contributed by atoms with van der Waals surface area (Å²) in [5.74, 6) is -0.777. The summed E-state index contributed by atoms with van der Waals surface area (Å²) in [7, 11) is 2.91. The number of hydrogen-bond donors (Lipinski definition) is 0. The summed E-state index contributed by atoms with van der Waals surface area (Å²) in [6, 6.07) is 10.7. The van der Waals surface area contributed by atoms with Gasteiger partial charge in [0, 0.05) is 0 Å². The van der Waals surface area contributed by atoms with Gasteiger partial charge in [-0.05, 0) is 29.8 Å². The molecular weight excluding hydrogens is 315 g/mol. The molecule has 0 heterocycles. The van der Waals surface area contributed by atoms with Crippen molar-refractivity contribution in [3.63, 3.8) is 0 Å². The molecule has 0 atom stereocenters. The summed E-state index contributed by atoms with van der Waals surface area (Å²) in [6.07, 6.45) is -0.241. The summed E-state index contributed by atoms with van der Waals surface area (Å²) in [4.78, 5) is 24.0. The van der Waals surface area contributed by atoms with Gasteiger partial charge in [0.05, 0.1) is 26.2 Å². The third-order valence-corrected chi connectivity index (χ3v) is 3.36. The lowest BCUT2D eigenvalue weighted by Crippen LogP contribution is -2.16. The highest BCUT2D eigenvalue weighted by Crippen LogP contribution is 2.24. The molecule has 6 heteroatoms. The topological polar surface area (TPSA) is 61.8 Å². The lowest BCUT2D eigenvalue weighted by Gasteiger charge is -2.10. The zero-order valence-corrected chi connectivity index (χ0v) is 13.4. The van der Waals surface area contributed by atoms with Gasteiger partial charge in [0.15, 0.2) is 6.61 Å². The average molecular weight is 332 g/mol. The van der Waals surface area contributed by atoms with Gasteiger partial charge < -0.3 is 14.2 Å². The number of rotatable bonds is 7. The molecule has 0 saturated carbocycles. The van der Waals surface area contributed by atoms with Gasteiger partial charge in [0.1, 0.15) is 17.3 Å². The first-order valence-corrected chi connectivity index (χ1v) is 7.19. The second-order valence-electron chi connectivity index (χ2n) is 4.92. The zero-order chi connectivity index (χ0) is 17.5. The molecule has 2 aromatic carbocycles. The number of hydrogen-bond acceptors (Lipinski definition) is 5. The predicted molar refractivity (Wildman–Crippen MR) is 84.9 cm³/mol. The van der Waals surface area contributed by atoms with Crippen LogP contribution < -0.4 is 9.47 Å². The minimum atomic E-state index is -0.685. The van der Waals surface area contributed by atoms with Crippen molar-refractivity contribution >= 4 is 11.8 Å². The molecule has 5 nitrogen and oxygen atoms in total. The highest BCUT2D eigenvalue weighted by Gasteiger charge is 2.16. The molecule has 0 aliphatic carbocycles. The highest BCUT2D eigenvalue weighted by molar-refractivity contribution is 6.00. The molecule has 0 bridgehead atoms. The number of Topliss-reactive ketones (excluding diaryl/α,β-unsaturated/α-hetero) is 1. The van der Waals surface area contributed by atoms with Crippen LogP contribution in [0, 0.1) is 5.82 Å². The third kappa shape index (κ3) is 4.32. The van der Waals surface area contributed by atoms with Crippen molar-refractivity contribution in [1.29, 1.82) is 0 Å².